The van der Waals surface area contributed by atoms with E-state index < -0.39 is 24.3 Å². The smallest absolute Gasteiger partial charge is 0.422 e. The fraction of sp³-hybridized carbons (Fsp3) is 0.600. The summed E-state index contributed by atoms with van der Waals surface area (Å²) in [6.07, 6.45) is 3.54. The molecular weight excluding hydrogens is 503 g/mol. The minimum Gasteiger partial charge on any atom is -0.481 e. The minimum atomic E-state index is -4.54. The van der Waals surface area contributed by atoms with Gasteiger partial charge in [-0.1, -0.05) is 25.1 Å². The molecule has 0 amide bonds. The molecule has 0 aromatic heterocycles. The van der Waals surface area contributed by atoms with Crippen LogP contribution in [0.5, 0.6) is 5.75 Å². The van der Waals surface area contributed by atoms with E-state index in [1.807, 2.05) is 6.07 Å². The number of hydrogen-bond acceptors (Lipinski definition) is 3. The Kier molecular flexibility index (Phi) is 10.0. The van der Waals surface area contributed by atoms with Crippen molar-refractivity contribution in [3.05, 3.63) is 64.7 Å². The fourth-order valence-electron chi connectivity index (χ4n) is 5.42. The van der Waals surface area contributed by atoms with E-state index in [2.05, 4.69) is 11.7 Å². The number of halogens is 5. The molecule has 8 heteroatoms. The summed E-state index contributed by atoms with van der Waals surface area (Å²) in [5.74, 6) is -0.0677. The Balaban J connectivity index is 1.21. The second-order valence-corrected chi connectivity index (χ2v) is 10.7. The van der Waals surface area contributed by atoms with Crippen LogP contribution >= 0.6 is 0 Å². The van der Waals surface area contributed by atoms with Gasteiger partial charge in [-0.15, -0.1) is 0 Å². The first-order valence-electron chi connectivity index (χ1n) is 13.7. The molecule has 38 heavy (non-hydrogen) atoms. The number of benzene rings is 2. The van der Waals surface area contributed by atoms with Crippen molar-refractivity contribution < 1.29 is 36.2 Å². The van der Waals surface area contributed by atoms with Crippen molar-refractivity contribution in [3.8, 4) is 5.75 Å². The highest BCUT2D eigenvalue weighted by molar-refractivity contribution is 5.32. The first kappa shape index (κ1) is 28.8. The van der Waals surface area contributed by atoms with Crippen LogP contribution in [-0.4, -0.2) is 32.3 Å². The van der Waals surface area contributed by atoms with Gasteiger partial charge < -0.3 is 14.2 Å². The van der Waals surface area contributed by atoms with Crippen molar-refractivity contribution in [2.45, 2.75) is 83.1 Å². The molecule has 1 saturated carbocycles. The van der Waals surface area contributed by atoms with E-state index in [9.17, 15) is 22.0 Å². The number of alkyl halides is 3. The molecule has 4 rings (SSSR count). The van der Waals surface area contributed by atoms with Gasteiger partial charge in [0.2, 0.25) is 0 Å². The summed E-state index contributed by atoms with van der Waals surface area (Å²) in [6.45, 7) is 2.19. The molecule has 3 nitrogen and oxygen atoms in total. The first-order valence-corrected chi connectivity index (χ1v) is 13.7. The Bertz CT molecular complexity index is 1030. The predicted octanol–water partition coefficient (Wildman–Crippen LogP) is 8.14. The molecular formula is C30H37F5O3. The first-order chi connectivity index (χ1) is 18.2. The van der Waals surface area contributed by atoms with E-state index in [0.29, 0.717) is 41.7 Å². The van der Waals surface area contributed by atoms with Gasteiger partial charge in [-0.3, -0.25) is 0 Å². The highest BCUT2D eigenvalue weighted by Gasteiger charge is 2.29. The quantitative estimate of drug-likeness (QED) is 0.285. The summed E-state index contributed by atoms with van der Waals surface area (Å²) in [6, 6.07) is 9.26. The Hall–Kier alpha value is -2.19. The average Bonchev–Trinajstić information content (AvgIpc) is 2.91. The van der Waals surface area contributed by atoms with E-state index in [1.165, 1.54) is 12.1 Å². The molecule has 0 N–H and O–H groups in total. The maximum absolute atomic E-state index is 14.9. The predicted molar refractivity (Wildman–Crippen MR) is 135 cm³/mol. The van der Waals surface area contributed by atoms with Crippen LogP contribution in [0.3, 0.4) is 0 Å². The lowest BCUT2D eigenvalue weighted by Crippen LogP contribution is -2.32. The molecule has 0 atom stereocenters. The Morgan fingerprint density at radius 1 is 0.842 bits per heavy atom. The topological polar surface area (TPSA) is 27.7 Å². The molecule has 2 fully saturated rings. The lowest BCUT2D eigenvalue weighted by Gasteiger charge is -2.32. The number of hydrogen-bond donors (Lipinski definition) is 0. The molecule has 210 valence electrons. The molecule has 0 bridgehead atoms. The van der Waals surface area contributed by atoms with E-state index >= 15 is 0 Å². The van der Waals surface area contributed by atoms with E-state index in [-0.39, 0.29) is 12.1 Å². The number of rotatable bonds is 10. The van der Waals surface area contributed by atoms with E-state index in [4.69, 9.17) is 9.47 Å². The Morgan fingerprint density at radius 3 is 2.21 bits per heavy atom. The van der Waals surface area contributed by atoms with Crippen molar-refractivity contribution >= 4 is 0 Å². The zero-order valence-corrected chi connectivity index (χ0v) is 21.9. The van der Waals surface area contributed by atoms with Gasteiger partial charge in [-0.25, -0.2) is 8.78 Å². The van der Waals surface area contributed by atoms with Crippen molar-refractivity contribution in [2.75, 3.05) is 19.8 Å². The molecule has 2 aromatic rings. The maximum Gasteiger partial charge on any atom is 0.422 e. The Labute approximate surface area is 221 Å². The number of ether oxygens (including phenoxy) is 3. The third-order valence-corrected chi connectivity index (χ3v) is 7.89. The molecule has 0 radical (unpaired) electrons. The van der Waals surface area contributed by atoms with Crippen LogP contribution in [0.4, 0.5) is 22.0 Å². The summed E-state index contributed by atoms with van der Waals surface area (Å²) >= 11 is 0. The van der Waals surface area contributed by atoms with Crippen molar-refractivity contribution in [1.29, 1.82) is 0 Å². The normalized spacial score (nSPS) is 24.4. The van der Waals surface area contributed by atoms with Gasteiger partial charge in [0, 0.05) is 5.92 Å². The van der Waals surface area contributed by atoms with Crippen LogP contribution in [-0.2, 0) is 22.3 Å². The summed E-state index contributed by atoms with van der Waals surface area (Å²) in [5.41, 5.74) is 2.13. The molecule has 2 aromatic carbocycles. The third-order valence-electron chi connectivity index (χ3n) is 7.89. The average molecular weight is 541 g/mol. The van der Waals surface area contributed by atoms with Crippen LogP contribution in [0.15, 0.2) is 36.4 Å². The standard InChI is InChI=1S/C30H37F5O3/c1-2-20-17-36-29(37-18-20)14-7-21-3-8-23(9-4-21)25-12-11-24(26(31)16-25)10-5-22-6-13-28(27(32)15-22)38-19-30(33,34)35/h6,11-13,15-16,20-21,23,29H,2-5,7-10,14,17-19H2,1H3. The van der Waals surface area contributed by atoms with Crippen molar-refractivity contribution in [2.24, 2.45) is 11.8 Å². The van der Waals surface area contributed by atoms with Crippen molar-refractivity contribution in [1.82, 2.24) is 0 Å². The highest BCUT2D eigenvalue weighted by atomic mass is 19.4. The van der Waals surface area contributed by atoms with Crippen LogP contribution in [0, 0.1) is 23.5 Å². The lowest BCUT2D eigenvalue weighted by atomic mass is 9.77. The van der Waals surface area contributed by atoms with Crippen LogP contribution < -0.4 is 4.74 Å². The zero-order chi connectivity index (χ0) is 27.1. The summed E-state index contributed by atoms with van der Waals surface area (Å²) in [7, 11) is 0. The monoisotopic (exact) mass is 540 g/mol. The second kappa shape index (κ2) is 13.2. The fourth-order valence-corrected chi connectivity index (χ4v) is 5.42. The van der Waals surface area contributed by atoms with Crippen LogP contribution in [0.1, 0.15) is 74.5 Å². The molecule has 1 saturated heterocycles. The largest absolute Gasteiger partial charge is 0.481 e. The van der Waals surface area contributed by atoms with E-state index in [0.717, 1.165) is 69.8 Å². The molecule has 0 unspecified atom stereocenters. The molecule has 1 aliphatic heterocycles. The van der Waals surface area contributed by atoms with Gasteiger partial charge in [-0.05, 0) is 105 Å². The maximum atomic E-state index is 14.9. The van der Waals surface area contributed by atoms with Gasteiger partial charge in [0.25, 0.3) is 0 Å². The van der Waals surface area contributed by atoms with Gasteiger partial charge in [-0.2, -0.15) is 13.2 Å². The van der Waals surface area contributed by atoms with Gasteiger partial charge in [0.15, 0.2) is 24.5 Å². The lowest BCUT2D eigenvalue weighted by molar-refractivity contribution is -0.204. The van der Waals surface area contributed by atoms with Crippen LogP contribution in [0.2, 0.25) is 0 Å². The summed E-state index contributed by atoms with van der Waals surface area (Å²) < 4.78 is 82.0. The molecule has 1 heterocycles. The third kappa shape index (κ3) is 8.40. The summed E-state index contributed by atoms with van der Waals surface area (Å²) in [5, 5.41) is 0. The van der Waals surface area contributed by atoms with Gasteiger partial charge >= 0.3 is 6.18 Å². The summed E-state index contributed by atoms with van der Waals surface area (Å²) in [4.78, 5) is 0. The SMILES string of the molecule is CCC1COC(CCC2CCC(c3ccc(CCc4ccc(OCC(F)(F)F)c(F)c4)c(F)c3)CC2)OC1. The van der Waals surface area contributed by atoms with Crippen molar-refractivity contribution in [3.63, 3.8) is 0 Å². The second-order valence-electron chi connectivity index (χ2n) is 10.7. The minimum absolute atomic E-state index is 0.0747. The number of aryl methyl sites for hydroxylation is 2. The highest BCUT2D eigenvalue weighted by Crippen LogP contribution is 2.38. The van der Waals surface area contributed by atoms with E-state index in [1.54, 1.807) is 12.1 Å². The van der Waals surface area contributed by atoms with Crippen LogP contribution in [0.25, 0.3) is 0 Å². The molecule has 0 spiro atoms. The zero-order valence-electron chi connectivity index (χ0n) is 21.9. The Morgan fingerprint density at radius 2 is 1.58 bits per heavy atom. The molecule has 2 aliphatic rings. The molecule has 1 aliphatic carbocycles. The van der Waals surface area contributed by atoms with Gasteiger partial charge in [0.05, 0.1) is 13.2 Å². The van der Waals surface area contributed by atoms with Gasteiger partial charge in [0.1, 0.15) is 5.82 Å².